The smallest absolute Gasteiger partial charge is 0.123 e. The molecule has 5 heteroatoms. The van der Waals surface area contributed by atoms with Crippen LogP contribution in [-0.2, 0) is 6.54 Å². The van der Waals surface area contributed by atoms with Crippen LogP contribution in [0, 0.1) is 17.1 Å². The van der Waals surface area contributed by atoms with Gasteiger partial charge in [0.15, 0.2) is 0 Å². The van der Waals surface area contributed by atoms with E-state index in [0.717, 1.165) is 27.6 Å². The maximum atomic E-state index is 13.2. The Morgan fingerprint density at radius 1 is 1.10 bits per heavy atom. The number of hydrogen-bond acceptors (Lipinski definition) is 2. The number of nitrogen functional groups attached to an aromatic ring is 1. The predicted molar refractivity (Wildman–Crippen MR) is 117 cm³/mol. The van der Waals surface area contributed by atoms with E-state index < -0.39 is 0 Å². The van der Waals surface area contributed by atoms with Crippen LogP contribution < -0.4 is 5.73 Å². The molecular weight excluding hydrogens is 385 g/mol. The molecule has 0 unspecified atom stereocenters. The summed E-state index contributed by atoms with van der Waals surface area (Å²) < 4.78 is 15.3. The summed E-state index contributed by atoms with van der Waals surface area (Å²) in [7, 11) is 0. The second-order valence-electron chi connectivity index (χ2n) is 6.80. The summed E-state index contributed by atoms with van der Waals surface area (Å²) >= 11 is 6.23. The van der Waals surface area contributed by atoms with Crippen LogP contribution in [0.3, 0.4) is 0 Å². The second kappa shape index (κ2) is 7.83. The zero-order valence-electron chi connectivity index (χ0n) is 15.4. The summed E-state index contributed by atoms with van der Waals surface area (Å²) in [6.45, 7) is 0.561. The molecular formula is C24H17ClFN3. The third kappa shape index (κ3) is 4.01. The Balaban J connectivity index is 1.82. The van der Waals surface area contributed by atoms with Gasteiger partial charge in [0.05, 0.1) is 17.2 Å². The maximum Gasteiger partial charge on any atom is 0.123 e. The number of allylic oxidation sites excluding steroid dienone is 1. The molecule has 0 radical (unpaired) electrons. The molecule has 0 saturated heterocycles. The maximum absolute atomic E-state index is 13.2. The summed E-state index contributed by atoms with van der Waals surface area (Å²) in [6, 6.07) is 21.6. The van der Waals surface area contributed by atoms with E-state index in [1.807, 2.05) is 42.6 Å². The van der Waals surface area contributed by atoms with E-state index in [9.17, 15) is 9.65 Å². The van der Waals surface area contributed by atoms with Gasteiger partial charge in [-0.1, -0.05) is 41.9 Å². The number of anilines is 1. The van der Waals surface area contributed by atoms with Gasteiger partial charge in [0.2, 0.25) is 0 Å². The summed E-state index contributed by atoms with van der Waals surface area (Å²) in [6.07, 6.45) is 3.83. The SMILES string of the molecule is N#C/C(=C\c1cn(Cc2ccc(F)cc2)c2cc(Cl)ccc12)c1cccc(N)c1. The number of rotatable bonds is 4. The molecule has 1 heterocycles. The Hall–Kier alpha value is -3.55. The highest BCUT2D eigenvalue weighted by atomic mass is 35.5. The van der Waals surface area contributed by atoms with Gasteiger partial charge in [-0.2, -0.15) is 5.26 Å². The van der Waals surface area contributed by atoms with Crippen molar-refractivity contribution in [1.29, 1.82) is 5.26 Å². The van der Waals surface area contributed by atoms with Gasteiger partial charge in [-0.25, -0.2) is 4.39 Å². The molecule has 2 N–H and O–H groups in total. The topological polar surface area (TPSA) is 54.7 Å². The third-order valence-electron chi connectivity index (χ3n) is 4.76. The molecule has 0 aliphatic rings. The van der Waals surface area contributed by atoms with E-state index >= 15 is 0 Å². The van der Waals surface area contributed by atoms with Crippen LogP contribution in [0.1, 0.15) is 16.7 Å². The number of nitrogens with zero attached hydrogens (tertiary/aromatic N) is 2. The fraction of sp³-hybridized carbons (Fsp3) is 0.0417. The largest absolute Gasteiger partial charge is 0.399 e. The third-order valence-corrected chi connectivity index (χ3v) is 4.99. The fourth-order valence-corrected chi connectivity index (χ4v) is 3.53. The molecule has 0 aliphatic heterocycles. The highest BCUT2D eigenvalue weighted by molar-refractivity contribution is 6.31. The standard InChI is InChI=1S/C24H17ClFN3/c25-20-6-9-23-19(10-18(13-27)17-2-1-3-22(28)11-17)15-29(24(23)12-20)14-16-4-7-21(26)8-5-16/h1-12,15H,14,28H2/b18-10+. The van der Waals surface area contributed by atoms with Crippen LogP contribution in [0.2, 0.25) is 5.02 Å². The monoisotopic (exact) mass is 401 g/mol. The van der Waals surface area contributed by atoms with Crippen LogP contribution in [0.25, 0.3) is 22.6 Å². The van der Waals surface area contributed by atoms with Gasteiger partial charge < -0.3 is 10.3 Å². The van der Waals surface area contributed by atoms with E-state index in [1.165, 1.54) is 12.1 Å². The van der Waals surface area contributed by atoms with Crippen molar-refractivity contribution in [3.63, 3.8) is 0 Å². The van der Waals surface area contributed by atoms with E-state index in [4.69, 9.17) is 17.3 Å². The molecule has 0 spiro atoms. The number of fused-ring (bicyclic) bond motifs is 1. The first-order valence-corrected chi connectivity index (χ1v) is 9.42. The minimum Gasteiger partial charge on any atom is -0.399 e. The van der Waals surface area contributed by atoms with Gasteiger partial charge in [0.25, 0.3) is 0 Å². The van der Waals surface area contributed by atoms with Crippen molar-refractivity contribution in [3.8, 4) is 6.07 Å². The molecule has 3 nitrogen and oxygen atoms in total. The Labute approximate surface area is 173 Å². The zero-order valence-corrected chi connectivity index (χ0v) is 16.2. The van der Waals surface area contributed by atoms with Crippen LogP contribution >= 0.6 is 11.6 Å². The molecule has 142 valence electrons. The quantitative estimate of drug-likeness (QED) is 0.330. The first kappa shape index (κ1) is 18.8. The minimum absolute atomic E-state index is 0.265. The first-order valence-electron chi connectivity index (χ1n) is 9.04. The molecule has 0 amide bonds. The van der Waals surface area contributed by atoms with Crippen molar-refractivity contribution < 1.29 is 4.39 Å². The summed E-state index contributed by atoms with van der Waals surface area (Å²) in [4.78, 5) is 0. The lowest BCUT2D eigenvalue weighted by Crippen LogP contribution is -1.97. The number of halogens is 2. The van der Waals surface area contributed by atoms with Crippen molar-refractivity contribution >= 4 is 39.8 Å². The van der Waals surface area contributed by atoms with Crippen LogP contribution in [-0.4, -0.2) is 4.57 Å². The predicted octanol–water partition coefficient (Wildman–Crippen LogP) is 6.13. The van der Waals surface area contributed by atoms with Gasteiger partial charge in [-0.05, 0) is 53.6 Å². The Bertz CT molecular complexity index is 1260. The average molecular weight is 402 g/mol. The molecule has 0 aliphatic carbocycles. The molecule has 0 bridgehead atoms. The Morgan fingerprint density at radius 2 is 1.90 bits per heavy atom. The summed E-state index contributed by atoms with van der Waals surface area (Å²) in [5, 5.41) is 11.3. The Kier molecular flexibility index (Phi) is 5.07. The normalized spacial score (nSPS) is 11.6. The highest BCUT2D eigenvalue weighted by Crippen LogP contribution is 2.29. The molecule has 1 aromatic heterocycles. The van der Waals surface area contributed by atoms with E-state index in [0.29, 0.717) is 22.8 Å². The lowest BCUT2D eigenvalue weighted by molar-refractivity contribution is 0.626. The van der Waals surface area contributed by atoms with Gasteiger partial charge >= 0.3 is 0 Å². The van der Waals surface area contributed by atoms with Gasteiger partial charge in [-0.3, -0.25) is 0 Å². The molecule has 29 heavy (non-hydrogen) atoms. The van der Waals surface area contributed by atoms with Crippen LogP contribution in [0.15, 0.2) is 72.9 Å². The molecule has 0 atom stereocenters. The number of benzene rings is 3. The molecule has 0 saturated carbocycles. The average Bonchev–Trinajstić information content (AvgIpc) is 3.04. The molecule has 4 aromatic rings. The lowest BCUT2D eigenvalue weighted by Gasteiger charge is -2.06. The van der Waals surface area contributed by atoms with E-state index in [-0.39, 0.29) is 5.82 Å². The number of nitrogens with two attached hydrogens (primary N) is 1. The van der Waals surface area contributed by atoms with Crippen molar-refractivity contribution in [2.45, 2.75) is 6.54 Å². The lowest BCUT2D eigenvalue weighted by atomic mass is 10.0. The number of nitriles is 1. The molecule has 3 aromatic carbocycles. The number of aromatic nitrogens is 1. The van der Waals surface area contributed by atoms with Crippen molar-refractivity contribution in [2.75, 3.05) is 5.73 Å². The van der Waals surface area contributed by atoms with Crippen molar-refractivity contribution in [1.82, 2.24) is 4.57 Å². The highest BCUT2D eigenvalue weighted by Gasteiger charge is 2.11. The van der Waals surface area contributed by atoms with Gasteiger partial charge in [0, 0.05) is 34.4 Å². The Morgan fingerprint density at radius 3 is 2.62 bits per heavy atom. The van der Waals surface area contributed by atoms with Crippen LogP contribution in [0.5, 0.6) is 0 Å². The molecule has 4 rings (SSSR count). The summed E-state index contributed by atoms with van der Waals surface area (Å²) in [5.74, 6) is -0.265. The minimum atomic E-state index is -0.265. The van der Waals surface area contributed by atoms with Crippen molar-refractivity contribution in [3.05, 3.63) is 100 Å². The van der Waals surface area contributed by atoms with Crippen LogP contribution in [0.4, 0.5) is 10.1 Å². The van der Waals surface area contributed by atoms with E-state index in [1.54, 1.807) is 24.3 Å². The van der Waals surface area contributed by atoms with Gasteiger partial charge in [0.1, 0.15) is 5.82 Å². The number of hydrogen-bond donors (Lipinski definition) is 1. The fourth-order valence-electron chi connectivity index (χ4n) is 3.37. The van der Waals surface area contributed by atoms with E-state index in [2.05, 4.69) is 10.6 Å². The zero-order chi connectivity index (χ0) is 20.4. The summed E-state index contributed by atoms with van der Waals surface area (Å²) in [5.41, 5.74) is 10.6. The first-order chi connectivity index (χ1) is 14.0. The van der Waals surface area contributed by atoms with Crippen molar-refractivity contribution in [2.24, 2.45) is 0 Å². The van der Waals surface area contributed by atoms with Gasteiger partial charge in [-0.15, -0.1) is 0 Å². The molecule has 0 fully saturated rings. The second-order valence-corrected chi connectivity index (χ2v) is 7.23.